The standard InChI is InChI=1S/C6H10F3O/c1-10-5-3-2-4-6(7,8)9/h4H,2-3,5H2,1H3. The number of rotatable bonds is 4. The van der Waals surface area contributed by atoms with E-state index in [0.717, 1.165) is 0 Å². The van der Waals surface area contributed by atoms with Gasteiger partial charge in [0.05, 0.1) is 6.42 Å². The zero-order valence-corrected chi connectivity index (χ0v) is 5.74. The normalized spacial score (nSPS) is 12.0. The molecule has 0 aliphatic rings. The van der Waals surface area contributed by atoms with E-state index in [9.17, 15) is 13.2 Å². The van der Waals surface area contributed by atoms with Crippen LogP contribution in [-0.4, -0.2) is 19.9 Å². The first-order chi connectivity index (χ1) is 4.56. The van der Waals surface area contributed by atoms with Gasteiger partial charge in [-0.3, -0.25) is 0 Å². The Morgan fingerprint density at radius 1 is 1.40 bits per heavy atom. The van der Waals surface area contributed by atoms with Gasteiger partial charge < -0.3 is 4.74 Å². The number of ether oxygens (including phenoxy) is 1. The predicted molar refractivity (Wildman–Crippen MR) is 31.5 cm³/mol. The number of hydrogen-bond donors (Lipinski definition) is 0. The minimum atomic E-state index is -4.13. The van der Waals surface area contributed by atoms with Crippen LogP contribution in [0.1, 0.15) is 12.8 Å². The molecule has 0 amide bonds. The molecule has 0 rings (SSSR count). The van der Waals surface area contributed by atoms with Crippen LogP contribution in [0.25, 0.3) is 0 Å². The highest BCUT2D eigenvalue weighted by atomic mass is 19.4. The van der Waals surface area contributed by atoms with Crippen molar-refractivity contribution >= 4 is 0 Å². The van der Waals surface area contributed by atoms with Crippen molar-refractivity contribution in [2.24, 2.45) is 0 Å². The smallest absolute Gasteiger partial charge is 0.385 e. The van der Waals surface area contributed by atoms with Crippen LogP contribution in [-0.2, 0) is 4.74 Å². The molecule has 0 fully saturated rings. The molecule has 0 saturated carbocycles. The molecule has 0 heterocycles. The second-order valence-corrected chi connectivity index (χ2v) is 1.88. The summed E-state index contributed by atoms with van der Waals surface area (Å²) in [6, 6.07) is 0. The summed E-state index contributed by atoms with van der Waals surface area (Å²) in [5.74, 6) is 0. The third kappa shape index (κ3) is 7.75. The summed E-state index contributed by atoms with van der Waals surface area (Å²) in [6.45, 7) is 0.382. The molecular formula is C6H10F3O. The zero-order valence-electron chi connectivity index (χ0n) is 5.74. The first kappa shape index (κ1) is 9.75. The molecule has 0 aromatic heterocycles. The van der Waals surface area contributed by atoms with Crippen molar-refractivity contribution in [1.82, 2.24) is 0 Å². The van der Waals surface area contributed by atoms with E-state index in [0.29, 0.717) is 19.4 Å². The van der Waals surface area contributed by atoms with Gasteiger partial charge in [0.1, 0.15) is 0 Å². The van der Waals surface area contributed by atoms with Crippen molar-refractivity contribution in [3.63, 3.8) is 0 Å². The van der Waals surface area contributed by atoms with Crippen molar-refractivity contribution < 1.29 is 17.9 Å². The molecule has 0 saturated heterocycles. The van der Waals surface area contributed by atoms with Crippen molar-refractivity contribution in [2.45, 2.75) is 19.0 Å². The molecule has 4 heteroatoms. The number of methoxy groups -OCH3 is 1. The van der Waals surface area contributed by atoms with Gasteiger partial charge in [0.2, 0.25) is 0 Å². The van der Waals surface area contributed by atoms with Crippen molar-refractivity contribution in [2.75, 3.05) is 13.7 Å². The fourth-order valence-electron chi connectivity index (χ4n) is 0.493. The summed E-state index contributed by atoms with van der Waals surface area (Å²) in [4.78, 5) is 0. The second-order valence-electron chi connectivity index (χ2n) is 1.88. The van der Waals surface area contributed by atoms with E-state index in [1.807, 2.05) is 0 Å². The molecule has 0 aliphatic carbocycles. The Hall–Kier alpha value is -0.250. The molecule has 0 aromatic carbocycles. The molecule has 0 unspecified atom stereocenters. The van der Waals surface area contributed by atoms with Gasteiger partial charge in [-0.25, -0.2) is 0 Å². The molecule has 0 N–H and O–H groups in total. The van der Waals surface area contributed by atoms with Crippen LogP contribution >= 0.6 is 0 Å². The maximum atomic E-state index is 11.4. The van der Waals surface area contributed by atoms with Crippen LogP contribution in [0.4, 0.5) is 13.2 Å². The lowest BCUT2D eigenvalue weighted by Gasteiger charge is -2.03. The first-order valence-electron chi connectivity index (χ1n) is 2.96. The highest BCUT2D eigenvalue weighted by molar-refractivity contribution is 4.73. The molecule has 61 valence electrons. The van der Waals surface area contributed by atoms with Crippen molar-refractivity contribution in [3.8, 4) is 0 Å². The summed E-state index contributed by atoms with van der Waals surface area (Å²) >= 11 is 0. The Labute approximate surface area is 58.2 Å². The molecule has 0 bridgehead atoms. The Balaban J connectivity index is 3.04. The van der Waals surface area contributed by atoms with Gasteiger partial charge in [-0.1, -0.05) is 0 Å². The molecule has 0 aromatic rings. The SMILES string of the molecule is COCCC[CH]C(F)(F)F. The van der Waals surface area contributed by atoms with Gasteiger partial charge in [-0.2, -0.15) is 13.2 Å². The first-order valence-corrected chi connectivity index (χ1v) is 2.96. The fourth-order valence-corrected chi connectivity index (χ4v) is 0.493. The highest BCUT2D eigenvalue weighted by Gasteiger charge is 2.26. The third-order valence-corrected chi connectivity index (χ3v) is 0.928. The van der Waals surface area contributed by atoms with E-state index in [1.165, 1.54) is 7.11 Å². The van der Waals surface area contributed by atoms with Crippen LogP contribution in [0.3, 0.4) is 0 Å². The van der Waals surface area contributed by atoms with Crippen LogP contribution in [0.5, 0.6) is 0 Å². The van der Waals surface area contributed by atoms with E-state index in [4.69, 9.17) is 0 Å². The molecule has 1 nitrogen and oxygen atoms in total. The third-order valence-electron chi connectivity index (χ3n) is 0.928. The summed E-state index contributed by atoms with van der Waals surface area (Å²) in [6.07, 6.45) is -3.33. The Bertz CT molecular complexity index is 79.6. The van der Waals surface area contributed by atoms with Gasteiger partial charge in [0.15, 0.2) is 0 Å². The van der Waals surface area contributed by atoms with E-state index in [2.05, 4.69) is 4.74 Å². The van der Waals surface area contributed by atoms with Crippen LogP contribution in [0, 0.1) is 6.42 Å². The molecule has 1 radical (unpaired) electrons. The number of halogens is 3. The highest BCUT2D eigenvalue weighted by Crippen LogP contribution is 2.20. The van der Waals surface area contributed by atoms with Crippen LogP contribution < -0.4 is 0 Å². The lowest BCUT2D eigenvalue weighted by atomic mass is 10.2. The van der Waals surface area contributed by atoms with Crippen LogP contribution in [0.2, 0.25) is 0 Å². The Kier molecular flexibility index (Phi) is 4.43. The zero-order chi connectivity index (χ0) is 8.04. The lowest BCUT2D eigenvalue weighted by Crippen LogP contribution is -2.08. The lowest BCUT2D eigenvalue weighted by molar-refractivity contribution is -0.0986. The fraction of sp³-hybridized carbons (Fsp3) is 0.833. The van der Waals surface area contributed by atoms with E-state index < -0.39 is 6.18 Å². The summed E-state index contributed by atoms with van der Waals surface area (Å²) < 4.78 is 38.7. The van der Waals surface area contributed by atoms with E-state index in [1.54, 1.807) is 0 Å². The number of unbranched alkanes of at least 4 members (excludes halogenated alkanes) is 1. The monoisotopic (exact) mass is 155 g/mol. The molecule has 0 atom stereocenters. The van der Waals surface area contributed by atoms with E-state index >= 15 is 0 Å². The molecular weight excluding hydrogens is 145 g/mol. The van der Waals surface area contributed by atoms with Crippen LogP contribution in [0.15, 0.2) is 0 Å². The average molecular weight is 155 g/mol. The largest absolute Gasteiger partial charge is 0.392 e. The minimum absolute atomic E-state index is 0.0390. The van der Waals surface area contributed by atoms with Gasteiger partial charge in [-0.15, -0.1) is 0 Å². The van der Waals surface area contributed by atoms with Gasteiger partial charge in [-0.05, 0) is 12.8 Å². The number of alkyl halides is 3. The van der Waals surface area contributed by atoms with E-state index in [-0.39, 0.29) is 6.42 Å². The summed E-state index contributed by atoms with van der Waals surface area (Å²) in [5, 5.41) is 0. The topological polar surface area (TPSA) is 9.23 Å². The molecule has 0 spiro atoms. The summed E-state index contributed by atoms with van der Waals surface area (Å²) in [5.41, 5.74) is 0. The molecule has 10 heavy (non-hydrogen) atoms. The second kappa shape index (κ2) is 4.55. The Morgan fingerprint density at radius 2 is 2.00 bits per heavy atom. The maximum Gasteiger partial charge on any atom is 0.392 e. The Morgan fingerprint density at radius 3 is 2.40 bits per heavy atom. The number of hydrogen-bond acceptors (Lipinski definition) is 1. The average Bonchev–Trinajstić information content (AvgIpc) is 1.78. The molecule has 0 aliphatic heterocycles. The van der Waals surface area contributed by atoms with Gasteiger partial charge in [0.25, 0.3) is 0 Å². The van der Waals surface area contributed by atoms with Gasteiger partial charge in [0, 0.05) is 13.7 Å². The minimum Gasteiger partial charge on any atom is -0.385 e. The quantitative estimate of drug-likeness (QED) is 0.565. The van der Waals surface area contributed by atoms with Crippen molar-refractivity contribution in [1.29, 1.82) is 0 Å². The predicted octanol–water partition coefficient (Wildman–Crippen LogP) is 2.18. The summed E-state index contributed by atoms with van der Waals surface area (Å²) in [7, 11) is 1.47. The van der Waals surface area contributed by atoms with Gasteiger partial charge >= 0.3 is 6.18 Å². The van der Waals surface area contributed by atoms with Crippen molar-refractivity contribution in [3.05, 3.63) is 6.42 Å². The maximum absolute atomic E-state index is 11.4.